The second-order valence-electron chi connectivity index (χ2n) is 8.02. The van der Waals surface area contributed by atoms with Crippen molar-refractivity contribution in [1.82, 2.24) is 14.7 Å². The van der Waals surface area contributed by atoms with E-state index < -0.39 is 5.91 Å². The first-order chi connectivity index (χ1) is 16.9. The third-order valence-electron chi connectivity index (χ3n) is 5.72. The van der Waals surface area contributed by atoms with Gasteiger partial charge in [0.25, 0.3) is 5.91 Å². The lowest BCUT2D eigenvalue weighted by Gasteiger charge is -2.32. The monoisotopic (exact) mass is 490 g/mol. The van der Waals surface area contributed by atoms with Crippen molar-refractivity contribution >= 4 is 29.2 Å². The highest BCUT2D eigenvalue weighted by Gasteiger charge is 2.29. The Hall–Kier alpha value is -4.29. The summed E-state index contributed by atoms with van der Waals surface area (Å²) in [6.45, 7) is 7.75. The number of piperidine rings is 1. The minimum Gasteiger partial charge on any atom is -0.457 e. The summed E-state index contributed by atoms with van der Waals surface area (Å²) in [5, 5.41) is 5.25. The van der Waals surface area contributed by atoms with Crippen LogP contribution in [0.4, 0.5) is 5.82 Å². The molecular formula is C25H23ClN6O3. The molecule has 4 rings (SSSR count). The van der Waals surface area contributed by atoms with Crippen molar-refractivity contribution in [2.75, 3.05) is 18.8 Å². The van der Waals surface area contributed by atoms with Crippen LogP contribution in [0.2, 0.25) is 5.02 Å². The zero-order valence-corrected chi connectivity index (χ0v) is 19.5. The Morgan fingerprint density at radius 3 is 2.43 bits per heavy atom. The minimum absolute atomic E-state index is 0.132. The van der Waals surface area contributed by atoms with E-state index in [2.05, 4.69) is 9.94 Å². The molecule has 1 aromatic heterocycles. The van der Waals surface area contributed by atoms with E-state index in [-0.39, 0.29) is 23.3 Å². The molecule has 0 spiro atoms. The van der Waals surface area contributed by atoms with Gasteiger partial charge in [0.1, 0.15) is 28.6 Å². The largest absolute Gasteiger partial charge is 0.457 e. The average molecular weight is 491 g/mol. The summed E-state index contributed by atoms with van der Waals surface area (Å²) < 4.78 is 7.40. The number of halogens is 1. The third kappa shape index (κ3) is 5.28. The number of aromatic nitrogens is 2. The SMILES string of the molecule is [C-]#[N+]/C=C/C(=O)N1CCCC(n2nc(-c3ccc(Oc4ccc(Cl)cc4)cc3)c(C(N)=O)c2N)C1. The van der Waals surface area contributed by atoms with Gasteiger partial charge in [-0.05, 0) is 61.4 Å². The van der Waals surface area contributed by atoms with Crippen LogP contribution in [0.3, 0.4) is 0 Å². The number of nitrogens with zero attached hydrogens (tertiary/aromatic N) is 4. The van der Waals surface area contributed by atoms with Crippen molar-refractivity contribution in [2.45, 2.75) is 18.9 Å². The number of amides is 2. The van der Waals surface area contributed by atoms with Gasteiger partial charge < -0.3 is 21.1 Å². The molecule has 1 atom stereocenters. The summed E-state index contributed by atoms with van der Waals surface area (Å²) in [6, 6.07) is 13.8. The van der Waals surface area contributed by atoms with Crippen molar-refractivity contribution in [2.24, 2.45) is 5.73 Å². The maximum atomic E-state index is 12.3. The molecule has 35 heavy (non-hydrogen) atoms. The molecule has 2 aromatic carbocycles. The first kappa shape index (κ1) is 23.9. The molecule has 0 aliphatic carbocycles. The van der Waals surface area contributed by atoms with Crippen LogP contribution < -0.4 is 16.2 Å². The first-order valence-corrected chi connectivity index (χ1v) is 11.3. The van der Waals surface area contributed by atoms with Gasteiger partial charge in [0, 0.05) is 29.8 Å². The van der Waals surface area contributed by atoms with Crippen molar-refractivity contribution < 1.29 is 14.3 Å². The maximum absolute atomic E-state index is 12.3. The number of likely N-dealkylation sites (tertiary alicyclic amines) is 1. The zero-order chi connectivity index (χ0) is 24.9. The minimum atomic E-state index is -0.686. The molecule has 0 radical (unpaired) electrons. The summed E-state index contributed by atoms with van der Waals surface area (Å²) in [7, 11) is 0. The smallest absolute Gasteiger partial charge is 0.254 e. The topological polar surface area (TPSA) is 121 Å². The summed E-state index contributed by atoms with van der Waals surface area (Å²) in [4.78, 5) is 29.4. The maximum Gasteiger partial charge on any atom is 0.254 e. The molecular weight excluding hydrogens is 468 g/mol. The van der Waals surface area contributed by atoms with Crippen LogP contribution in [0.5, 0.6) is 11.5 Å². The fourth-order valence-electron chi connectivity index (χ4n) is 4.05. The molecule has 1 fully saturated rings. The number of rotatable bonds is 6. The molecule has 0 bridgehead atoms. The number of hydrogen-bond donors (Lipinski definition) is 2. The number of carbonyl (C=O) groups is 2. The summed E-state index contributed by atoms with van der Waals surface area (Å²) in [6.07, 6.45) is 3.85. The van der Waals surface area contributed by atoms with Crippen molar-refractivity contribution in [3.63, 3.8) is 0 Å². The van der Waals surface area contributed by atoms with Gasteiger partial charge in [-0.1, -0.05) is 11.6 Å². The molecule has 178 valence electrons. The molecule has 0 saturated carbocycles. The van der Waals surface area contributed by atoms with Crippen molar-refractivity contribution in [1.29, 1.82) is 0 Å². The number of anilines is 1. The lowest BCUT2D eigenvalue weighted by molar-refractivity contribution is -0.127. The molecule has 3 aromatic rings. The zero-order valence-electron chi connectivity index (χ0n) is 18.7. The summed E-state index contributed by atoms with van der Waals surface area (Å²) in [5.74, 6) is 0.455. The number of ether oxygens (including phenoxy) is 1. The standard InChI is InChI=1S/C25H23ClN6O3/c1-29-13-12-21(33)31-14-2-3-18(15-31)32-24(27)22(25(28)34)23(30-32)16-4-8-19(9-5-16)35-20-10-6-17(26)7-11-20/h4-13,18H,2-3,14-15,27H2,(H2,28,34)/b13-12+. The Labute approximate surface area is 207 Å². The number of nitrogen functional groups attached to an aromatic ring is 1. The highest BCUT2D eigenvalue weighted by atomic mass is 35.5. The van der Waals surface area contributed by atoms with Crippen molar-refractivity contribution in [3.05, 3.63) is 82.8 Å². The molecule has 1 aliphatic heterocycles. The van der Waals surface area contributed by atoms with E-state index >= 15 is 0 Å². The number of primary amides is 1. The van der Waals surface area contributed by atoms with Crippen LogP contribution >= 0.6 is 11.6 Å². The Balaban J connectivity index is 1.60. The van der Waals surface area contributed by atoms with Crippen LogP contribution in [-0.2, 0) is 4.79 Å². The Bertz CT molecular complexity index is 1310. The van der Waals surface area contributed by atoms with Gasteiger partial charge in [-0.25, -0.2) is 9.53 Å². The van der Waals surface area contributed by atoms with Crippen molar-refractivity contribution in [3.8, 4) is 22.8 Å². The van der Waals surface area contributed by atoms with Crippen LogP contribution in [0, 0.1) is 6.57 Å². The van der Waals surface area contributed by atoms with Gasteiger partial charge in [-0.2, -0.15) is 5.10 Å². The Kier molecular flexibility index (Phi) is 7.03. The Morgan fingerprint density at radius 2 is 1.80 bits per heavy atom. The van der Waals surface area contributed by atoms with E-state index in [9.17, 15) is 9.59 Å². The van der Waals surface area contributed by atoms with Crippen LogP contribution in [0.1, 0.15) is 29.2 Å². The van der Waals surface area contributed by atoms with Crippen LogP contribution in [0.25, 0.3) is 16.1 Å². The number of hydrogen-bond acceptors (Lipinski definition) is 5. The van der Waals surface area contributed by atoms with E-state index in [0.29, 0.717) is 40.9 Å². The van der Waals surface area contributed by atoms with E-state index in [4.69, 9.17) is 34.4 Å². The van der Waals surface area contributed by atoms with Crippen LogP contribution in [-0.4, -0.2) is 39.6 Å². The molecule has 2 heterocycles. The molecule has 2 amide bonds. The van der Waals surface area contributed by atoms with E-state index in [0.717, 1.165) is 19.0 Å². The molecule has 1 saturated heterocycles. The molecule has 4 N–H and O–H groups in total. The van der Waals surface area contributed by atoms with Gasteiger partial charge in [0.2, 0.25) is 5.91 Å². The lowest BCUT2D eigenvalue weighted by Crippen LogP contribution is -2.40. The fourth-order valence-corrected chi connectivity index (χ4v) is 4.18. The summed E-state index contributed by atoms with van der Waals surface area (Å²) >= 11 is 5.91. The predicted octanol–water partition coefficient (Wildman–Crippen LogP) is 4.27. The van der Waals surface area contributed by atoms with Gasteiger partial charge in [-0.15, -0.1) is 0 Å². The second-order valence-corrected chi connectivity index (χ2v) is 8.46. The number of nitrogens with two attached hydrogens (primary N) is 2. The molecule has 1 aliphatic rings. The van der Waals surface area contributed by atoms with E-state index in [1.807, 2.05) is 0 Å². The predicted molar refractivity (Wildman–Crippen MR) is 133 cm³/mol. The van der Waals surface area contributed by atoms with Crippen LogP contribution in [0.15, 0.2) is 60.8 Å². The quantitative estimate of drug-likeness (QED) is 0.394. The summed E-state index contributed by atoms with van der Waals surface area (Å²) in [5.41, 5.74) is 13.1. The number of benzene rings is 2. The molecule has 1 unspecified atom stereocenters. The molecule has 10 heteroatoms. The highest BCUT2D eigenvalue weighted by Crippen LogP contribution is 2.33. The first-order valence-electron chi connectivity index (χ1n) is 10.9. The Morgan fingerprint density at radius 1 is 1.14 bits per heavy atom. The number of carbonyl (C=O) groups excluding carboxylic acids is 2. The fraction of sp³-hybridized carbons (Fsp3) is 0.200. The second kappa shape index (κ2) is 10.3. The van der Waals surface area contributed by atoms with E-state index in [1.165, 1.54) is 6.08 Å². The van der Waals surface area contributed by atoms with Gasteiger partial charge in [-0.3, -0.25) is 9.59 Å². The molecule has 9 nitrogen and oxygen atoms in total. The van der Waals surface area contributed by atoms with Gasteiger partial charge in [0.15, 0.2) is 6.20 Å². The lowest BCUT2D eigenvalue weighted by atomic mass is 10.1. The van der Waals surface area contributed by atoms with E-state index in [1.54, 1.807) is 58.1 Å². The van der Waals surface area contributed by atoms with Gasteiger partial charge >= 0.3 is 0 Å². The highest BCUT2D eigenvalue weighted by molar-refractivity contribution is 6.30. The average Bonchev–Trinajstić information content (AvgIpc) is 3.21. The third-order valence-corrected chi connectivity index (χ3v) is 5.97. The normalized spacial score (nSPS) is 15.7. The van der Waals surface area contributed by atoms with Gasteiger partial charge in [0.05, 0.1) is 12.6 Å².